The Hall–Kier alpha value is 0.137. The fraction of sp³-hybridized carbons (Fsp3) is 1.00. The highest BCUT2D eigenvalue weighted by molar-refractivity contribution is 6.64. The zero-order valence-corrected chi connectivity index (χ0v) is 7.93. The summed E-state index contributed by atoms with van der Waals surface area (Å²) in [5.74, 6) is 0. The average molecular weight is 162 g/mol. The second kappa shape index (κ2) is 4.88. The first kappa shape index (κ1) is 10.1. The Balaban J connectivity index is 3.42. The van der Waals surface area contributed by atoms with Crippen LogP contribution in [-0.4, -0.2) is 18.2 Å². The van der Waals surface area contributed by atoms with Crippen LogP contribution in [0.3, 0.4) is 0 Å². The zero-order valence-electron chi connectivity index (χ0n) is 6.93. The number of unbranched alkanes of at least 4 members (excludes halogenated alkanes) is 1. The van der Waals surface area contributed by atoms with Crippen LogP contribution in [0.15, 0.2) is 0 Å². The summed E-state index contributed by atoms with van der Waals surface area (Å²) in [7, 11) is -2.72. The van der Waals surface area contributed by atoms with Crippen LogP contribution in [0.4, 0.5) is 0 Å². The van der Waals surface area contributed by atoms with Gasteiger partial charge in [0.1, 0.15) is 0 Å². The van der Waals surface area contributed by atoms with Crippen LogP contribution in [0.1, 0.15) is 33.1 Å². The summed E-state index contributed by atoms with van der Waals surface area (Å²) in [6.45, 7) is 4.05. The first-order valence-corrected chi connectivity index (χ1v) is 6.38. The predicted molar refractivity (Wildman–Crippen MR) is 45.0 cm³/mol. The third-order valence-electron chi connectivity index (χ3n) is 1.58. The zero-order chi connectivity index (χ0) is 8.04. The van der Waals surface area contributed by atoms with Gasteiger partial charge in [-0.2, -0.15) is 0 Å². The van der Waals surface area contributed by atoms with E-state index in [4.69, 9.17) is 0 Å². The maximum absolute atomic E-state index is 9.34. The van der Waals surface area contributed by atoms with Crippen LogP contribution in [0.25, 0.3) is 0 Å². The molecular weight excluding hydrogens is 144 g/mol. The van der Waals surface area contributed by atoms with Gasteiger partial charge in [0.15, 0.2) is 0 Å². The fourth-order valence-corrected chi connectivity index (χ4v) is 2.96. The summed E-state index contributed by atoms with van der Waals surface area (Å²) in [5, 5.41) is 0. The maximum atomic E-state index is 9.34. The van der Waals surface area contributed by atoms with Gasteiger partial charge in [-0.1, -0.05) is 33.1 Å². The largest absolute Gasteiger partial charge is 0.411 e. The van der Waals surface area contributed by atoms with E-state index in [9.17, 15) is 9.59 Å². The quantitative estimate of drug-likeness (QED) is 0.603. The molecule has 62 valence electrons. The van der Waals surface area contributed by atoms with Gasteiger partial charge in [0, 0.05) is 0 Å². The summed E-state index contributed by atoms with van der Waals surface area (Å²) in [6, 6.07) is 1.28. The van der Waals surface area contributed by atoms with Crippen molar-refractivity contribution in [1.82, 2.24) is 0 Å². The van der Waals surface area contributed by atoms with Crippen molar-refractivity contribution in [3.8, 4) is 0 Å². The Morgan fingerprint density at radius 3 is 2.00 bits per heavy atom. The van der Waals surface area contributed by atoms with Gasteiger partial charge in [-0.3, -0.25) is 0 Å². The van der Waals surface area contributed by atoms with Crippen LogP contribution in [-0.2, 0) is 0 Å². The van der Waals surface area contributed by atoms with Crippen molar-refractivity contribution in [1.29, 1.82) is 0 Å². The highest BCUT2D eigenvalue weighted by Crippen LogP contribution is 2.13. The summed E-state index contributed by atoms with van der Waals surface area (Å²) in [6.07, 6.45) is 2.90. The highest BCUT2D eigenvalue weighted by Gasteiger charge is 2.26. The van der Waals surface area contributed by atoms with Gasteiger partial charge in [0.2, 0.25) is 0 Å². The molecule has 0 bridgehead atoms. The van der Waals surface area contributed by atoms with Crippen molar-refractivity contribution < 1.29 is 9.59 Å². The number of hydrogen-bond donors (Lipinski definition) is 2. The standard InChI is InChI=1S/C7H18O2Si/c1-3-5-7-10(8,9)6-4-2/h8-9H,3-7H2,1-2H3. The molecule has 0 spiro atoms. The number of hydrogen-bond acceptors (Lipinski definition) is 2. The van der Waals surface area contributed by atoms with Crippen LogP contribution in [0, 0.1) is 0 Å². The van der Waals surface area contributed by atoms with Crippen molar-refractivity contribution in [3.63, 3.8) is 0 Å². The van der Waals surface area contributed by atoms with E-state index >= 15 is 0 Å². The highest BCUT2D eigenvalue weighted by atomic mass is 28.4. The maximum Gasteiger partial charge on any atom is 0.332 e. The van der Waals surface area contributed by atoms with Gasteiger partial charge < -0.3 is 9.59 Å². The summed E-state index contributed by atoms with van der Waals surface area (Å²) in [5.41, 5.74) is 0. The molecule has 2 N–H and O–H groups in total. The Morgan fingerprint density at radius 1 is 1.00 bits per heavy atom. The molecule has 0 unspecified atom stereocenters. The molecule has 0 atom stereocenters. The SMILES string of the molecule is CCCC[Si](O)(O)CCC. The number of rotatable bonds is 5. The molecule has 0 fully saturated rings. The van der Waals surface area contributed by atoms with Crippen molar-refractivity contribution >= 4 is 8.56 Å². The van der Waals surface area contributed by atoms with Gasteiger partial charge in [-0.15, -0.1) is 0 Å². The van der Waals surface area contributed by atoms with E-state index in [0.717, 1.165) is 19.3 Å². The topological polar surface area (TPSA) is 40.5 Å². The van der Waals surface area contributed by atoms with Gasteiger partial charge in [0.25, 0.3) is 0 Å². The first-order chi connectivity index (χ1) is 4.62. The normalized spacial score (nSPS) is 12.0. The van der Waals surface area contributed by atoms with Gasteiger partial charge in [0.05, 0.1) is 0 Å². The monoisotopic (exact) mass is 162 g/mol. The molecule has 0 aromatic heterocycles. The predicted octanol–water partition coefficient (Wildman–Crippen LogP) is 1.62. The third kappa shape index (κ3) is 4.96. The molecule has 10 heavy (non-hydrogen) atoms. The molecule has 0 aromatic rings. The van der Waals surface area contributed by atoms with E-state index in [1.54, 1.807) is 0 Å². The Kier molecular flexibility index (Phi) is 4.94. The molecule has 0 aliphatic heterocycles. The lowest BCUT2D eigenvalue weighted by molar-refractivity contribution is 0.354. The lowest BCUT2D eigenvalue weighted by atomic mass is 10.4. The van der Waals surface area contributed by atoms with Crippen molar-refractivity contribution in [2.45, 2.75) is 45.2 Å². The van der Waals surface area contributed by atoms with E-state index in [1.165, 1.54) is 0 Å². The third-order valence-corrected chi connectivity index (χ3v) is 4.04. The van der Waals surface area contributed by atoms with E-state index in [0.29, 0.717) is 12.1 Å². The minimum atomic E-state index is -2.72. The van der Waals surface area contributed by atoms with Crippen molar-refractivity contribution in [2.75, 3.05) is 0 Å². The first-order valence-electron chi connectivity index (χ1n) is 4.07. The van der Waals surface area contributed by atoms with Gasteiger partial charge >= 0.3 is 8.56 Å². The Morgan fingerprint density at radius 2 is 1.60 bits per heavy atom. The van der Waals surface area contributed by atoms with Crippen molar-refractivity contribution in [2.24, 2.45) is 0 Å². The molecule has 0 saturated heterocycles. The van der Waals surface area contributed by atoms with Crippen LogP contribution in [0.2, 0.25) is 12.1 Å². The lowest BCUT2D eigenvalue weighted by Gasteiger charge is -2.15. The Labute approximate surface area is 64.1 Å². The molecule has 0 rings (SSSR count). The van der Waals surface area contributed by atoms with Crippen LogP contribution in [0.5, 0.6) is 0 Å². The molecule has 0 heterocycles. The van der Waals surface area contributed by atoms with E-state index < -0.39 is 8.56 Å². The minimum Gasteiger partial charge on any atom is -0.411 e. The molecule has 0 aliphatic rings. The van der Waals surface area contributed by atoms with Crippen LogP contribution < -0.4 is 0 Å². The Bertz CT molecular complexity index is 83.7. The van der Waals surface area contributed by atoms with Crippen molar-refractivity contribution in [3.05, 3.63) is 0 Å². The molecule has 3 heteroatoms. The van der Waals surface area contributed by atoms with Crippen LogP contribution >= 0.6 is 0 Å². The van der Waals surface area contributed by atoms with E-state index in [2.05, 4.69) is 6.92 Å². The molecule has 0 aliphatic carbocycles. The van der Waals surface area contributed by atoms with E-state index in [-0.39, 0.29) is 0 Å². The summed E-state index contributed by atoms with van der Waals surface area (Å²) < 4.78 is 0. The molecule has 0 saturated carbocycles. The molecule has 0 amide bonds. The lowest BCUT2D eigenvalue weighted by Crippen LogP contribution is -2.33. The van der Waals surface area contributed by atoms with Gasteiger partial charge in [-0.25, -0.2) is 0 Å². The average Bonchev–Trinajstić information content (AvgIpc) is 1.84. The summed E-state index contributed by atoms with van der Waals surface area (Å²) >= 11 is 0. The second-order valence-corrected chi connectivity index (χ2v) is 5.80. The molecular formula is C7H18O2Si. The molecule has 0 aromatic carbocycles. The minimum absolute atomic E-state index is 0.632. The molecule has 2 nitrogen and oxygen atoms in total. The van der Waals surface area contributed by atoms with Gasteiger partial charge in [-0.05, 0) is 12.1 Å². The fourth-order valence-electron chi connectivity index (χ4n) is 0.985. The molecule has 0 radical (unpaired) electrons. The second-order valence-electron chi connectivity index (χ2n) is 2.84. The summed E-state index contributed by atoms with van der Waals surface area (Å²) in [4.78, 5) is 18.7. The smallest absolute Gasteiger partial charge is 0.332 e. The van der Waals surface area contributed by atoms with E-state index in [1.807, 2.05) is 6.92 Å².